The van der Waals surface area contributed by atoms with Gasteiger partial charge in [-0.25, -0.2) is 4.39 Å². The molecule has 0 bridgehead atoms. The topological polar surface area (TPSA) is 65.0 Å². The molecule has 1 aliphatic rings. The van der Waals surface area contributed by atoms with E-state index in [-0.39, 0.29) is 30.9 Å². The Labute approximate surface area is 191 Å². The van der Waals surface area contributed by atoms with Crippen LogP contribution in [0.4, 0.5) is 10.1 Å². The number of carbonyl (C=O) groups is 1. The first-order valence-electron chi connectivity index (χ1n) is 10.1. The standard InChI is InChI=1S/C22H26Cl2FN3O3/c1-15-11-27(13-21(30)26-22-17(23)5-4-6-18(22)24)9-10-28(15)12-16(29)14-31-20-8-3-2-7-19(20)25/h2-8,15-16,29H,9-14H2,1H3,(H,26,30). The number of anilines is 1. The molecule has 1 amide bonds. The van der Waals surface area contributed by atoms with Gasteiger partial charge in [-0.05, 0) is 31.2 Å². The zero-order chi connectivity index (χ0) is 22.4. The van der Waals surface area contributed by atoms with Crippen LogP contribution in [0.5, 0.6) is 5.75 Å². The first-order chi connectivity index (χ1) is 14.8. The average Bonchev–Trinajstić information content (AvgIpc) is 2.72. The van der Waals surface area contributed by atoms with Crippen LogP contribution in [0.15, 0.2) is 42.5 Å². The van der Waals surface area contributed by atoms with Gasteiger partial charge < -0.3 is 15.2 Å². The molecule has 1 fully saturated rings. The molecule has 1 aliphatic heterocycles. The summed E-state index contributed by atoms with van der Waals surface area (Å²) in [6.45, 7) is 4.72. The van der Waals surface area contributed by atoms with Gasteiger partial charge in [-0.2, -0.15) is 0 Å². The molecule has 2 aromatic rings. The van der Waals surface area contributed by atoms with E-state index in [0.29, 0.717) is 41.9 Å². The molecule has 1 saturated heterocycles. The Hall–Kier alpha value is -1.90. The van der Waals surface area contributed by atoms with Crippen LogP contribution in [-0.4, -0.2) is 72.3 Å². The summed E-state index contributed by atoms with van der Waals surface area (Å²) in [7, 11) is 0. The summed E-state index contributed by atoms with van der Waals surface area (Å²) >= 11 is 12.2. The highest BCUT2D eigenvalue weighted by atomic mass is 35.5. The molecule has 2 aromatic carbocycles. The van der Waals surface area contributed by atoms with Gasteiger partial charge in [0.05, 0.1) is 22.3 Å². The Morgan fingerprint density at radius 3 is 2.61 bits per heavy atom. The maximum absolute atomic E-state index is 13.6. The summed E-state index contributed by atoms with van der Waals surface area (Å²) in [6, 6.07) is 11.3. The van der Waals surface area contributed by atoms with Crippen LogP contribution >= 0.6 is 23.2 Å². The first kappa shape index (κ1) is 23.8. The molecule has 0 saturated carbocycles. The Morgan fingerprint density at radius 1 is 1.23 bits per heavy atom. The molecular formula is C22H26Cl2FN3O3. The molecule has 1 heterocycles. The molecule has 6 nitrogen and oxygen atoms in total. The number of ether oxygens (including phenoxy) is 1. The highest BCUT2D eigenvalue weighted by Gasteiger charge is 2.27. The second kappa shape index (κ2) is 11.1. The van der Waals surface area contributed by atoms with E-state index in [1.165, 1.54) is 12.1 Å². The molecule has 2 N–H and O–H groups in total. The molecule has 2 atom stereocenters. The van der Waals surface area contributed by atoms with E-state index in [4.69, 9.17) is 27.9 Å². The molecule has 2 unspecified atom stereocenters. The summed E-state index contributed by atoms with van der Waals surface area (Å²) in [5, 5.41) is 13.9. The SMILES string of the molecule is CC1CN(CC(=O)Nc2c(Cl)cccc2Cl)CCN1CC(O)COc1ccccc1F. The Kier molecular flexibility index (Phi) is 8.51. The number of rotatable bonds is 8. The number of nitrogens with zero attached hydrogens (tertiary/aromatic N) is 2. The number of aliphatic hydroxyl groups excluding tert-OH is 1. The van der Waals surface area contributed by atoms with Gasteiger partial charge in [0.1, 0.15) is 12.7 Å². The maximum atomic E-state index is 13.6. The quantitative estimate of drug-likeness (QED) is 0.619. The normalized spacial score (nSPS) is 18.5. The third-order valence-electron chi connectivity index (χ3n) is 5.16. The molecular weight excluding hydrogens is 444 g/mol. The van der Waals surface area contributed by atoms with Crippen molar-refractivity contribution < 1.29 is 19.0 Å². The number of carbonyl (C=O) groups excluding carboxylic acids is 1. The van der Waals surface area contributed by atoms with Crippen LogP contribution in [0.25, 0.3) is 0 Å². The number of hydrogen-bond donors (Lipinski definition) is 2. The lowest BCUT2D eigenvalue weighted by atomic mass is 10.1. The van der Waals surface area contributed by atoms with E-state index in [0.717, 1.165) is 0 Å². The summed E-state index contributed by atoms with van der Waals surface area (Å²) in [5.74, 6) is -0.508. The van der Waals surface area contributed by atoms with Crippen LogP contribution in [0, 0.1) is 5.82 Å². The van der Waals surface area contributed by atoms with Gasteiger partial charge in [0.2, 0.25) is 5.91 Å². The van der Waals surface area contributed by atoms with E-state index in [2.05, 4.69) is 10.2 Å². The predicted molar refractivity (Wildman–Crippen MR) is 120 cm³/mol. The van der Waals surface area contributed by atoms with Gasteiger partial charge in [-0.1, -0.05) is 41.4 Å². The van der Waals surface area contributed by atoms with Crippen molar-refractivity contribution in [3.63, 3.8) is 0 Å². The second-order valence-electron chi connectivity index (χ2n) is 7.62. The zero-order valence-corrected chi connectivity index (χ0v) is 18.7. The van der Waals surface area contributed by atoms with Crippen molar-refractivity contribution >= 4 is 34.8 Å². The number of β-amino-alcohol motifs (C(OH)–C–C–N with tert-alkyl or cyclic N) is 1. The van der Waals surface area contributed by atoms with E-state index >= 15 is 0 Å². The number of benzene rings is 2. The number of amides is 1. The lowest BCUT2D eigenvalue weighted by molar-refractivity contribution is -0.118. The Bertz CT molecular complexity index is 882. The van der Waals surface area contributed by atoms with Crippen LogP contribution in [0.3, 0.4) is 0 Å². The van der Waals surface area contributed by atoms with Crippen molar-refractivity contribution in [3.8, 4) is 5.75 Å². The van der Waals surface area contributed by atoms with Crippen LogP contribution < -0.4 is 10.1 Å². The Balaban J connectivity index is 1.43. The number of aliphatic hydroxyl groups is 1. The minimum atomic E-state index is -0.751. The van der Waals surface area contributed by atoms with E-state index in [1.807, 2.05) is 11.8 Å². The fourth-order valence-corrected chi connectivity index (χ4v) is 4.05. The summed E-state index contributed by atoms with van der Waals surface area (Å²) in [4.78, 5) is 16.6. The zero-order valence-electron chi connectivity index (χ0n) is 17.2. The van der Waals surface area contributed by atoms with Crippen molar-refractivity contribution in [2.75, 3.05) is 44.6 Å². The summed E-state index contributed by atoms with van der Waals surface area (Å²) in [5.41, 5.74) is 0.417. The number of halogens is 3. The third-order valence-corrected chi connectivity index (χ3v) is 5.79. The van der Waals surface area contributed by atoms with Crippen LogP contribution in [0.1, 0.15) is 6.92 Å². The molecule has 31 heavy (non-hydrogen) atoms. The fourth-order valence-electron chi connectivity index (χ4n) is 3.56. The fraction of sp³-hybridized carbons (Fsp3) is 0.409. The molecule has 0 spiro atoms. The maximum Gasteiger partial charge on any atom is 0.238 e. The van der Waals surface area contributed by atoms with Gasteiger partial charge in [-0.15, -0.1) is 0 Å². The third kappa shape index (κ3) is 6.79. The van der Waals surface area contributed by atoms with E-state index < -0.39 is 11.9 Å². The van der Waals surface area contributed by atoms with Crippen molar-refractivity contribution in [2.24, 2.45) is 0 Å². The first-order valence-corrected chi connectivity index (χ1v) is 10.8. The molecule has 9 heteroatoms. The summed E-state index contributed by atoms with van der Waals surface area (Å²) in [6.07, 6.45) is -0.751. The Morgan fingerprint density at radius 2 is 1.94 bits per heavy atom. The minimum absolute atomic E-state index is 0.00880. The number of nitrogens with one attached hydrogen (secondary N) is 1. The second-order valence-corrected chi connectivity index (χ2v) is 8.43. The monoisotopic (exact) mass is 469 g/mol. The molecule has 0 radical (unpaired) electrons. The van der Waals surface area contributed by atoms with E-state index in [9.17, 15) is 14.3 Å². The molecule has 3 rings (SSSR count). The smallest absolute Gasteiger partial charge is 0.238 e. The van der Waals surface area contributed by atoms with Gasteiger partial charge in [-0.3, -0.25) is 14.6 Å². The van der Waals surface area contributed by atoms with Crippen molar-refractivity contribution in [1.82, 2.24) is 9.80 Å². The lowest BCUT2D eigenvalue weighted by Crippen LogP contribution is -2.55. The highest BCUT2D eigenvalue weighted by Crippen LogP contribution is 2.29. The van der Waals surface area contributed by atoms with Crippen molar-refractivity contribution in [1.29, 1.82) is 0 Å². The van der Waals surface area contributed by atoms with Gasteiger partial charge in [0.15, 0.2) is 11.6 Å². The lowest BCUT2D eigenvalue weighted by Gasteiger charge is -2.40. The summed E-state index contributed by atoms with van der Waals surface area (Å²) < 4.78 is 19.0. The van der Waals surface area contributed by atoms with Gasteiger partial charge in [0, 0.05) is 32.2 Å². The average molecular weight is 470 g/mol. The largest absolute Gasteiger partial charge is 0.488 e. The van der Waals surface area contributed by atoms with Gasteiger partial charge >= 0.3 is 0 Å². The molecule has 168 valence electrons. The van der Waals surface area contributed by atoms with Crippen LogP contribution in [-0.2, 0) is 4.79 Å². The highest BCUT2D eigenvalue weighted by molar-refractivity contribution is 6.39. The number of hydrogen-bond acceptors (Lipinski definition) is 5. The van der Waals surface area contributed by atoms with Crippen molar-refractivity contribution in [3.05, 3.63) is 58.3 Å². The molecule has 0 aromatic heterocycles. The van der Waals surface area contributed by atoms with Crippen molar-refractivity contribution in [2.45, 2.75) is 19.1 Å². The number of piperazine rings is 1. The minimum Gasteiger partial charge on any atom is -0.488 e. The molecule has 0 aliphatic carbocycles. The van der Waals surface area contributed by atoms with Gasteiger partial charge in [0.25, 0.3) is 0 Å². The number of para-hydroxylation sites is 2. The van der Waals surface area contributed by atoms with Crippen LogP contribution in [0.2, 0.25) is 10.0 Å². The van der Waals surface area contributed by atoms with E-state index in [1.54, 1.807) is 30.3 Å². The predicted octanol–water partition coefficient (Wildman–Crippen LogP) is 3.52.